The summed E-state index contributed by atoms with van der Waals surface area (Å²) < 4.78 is 12.7. The predicted octanol–water partition coefficient (Wildman–Crippen LogP) is 2.29. The molecule has 0 aliphatic carbocycles. The third kappa shape index (κ3) is 3.15. The molecule has 0 bridgehead atoms. The molecular formula is C11H16FN. The zero-order chi connectivity index (χ0) is 9.68. The summed E-state index contributed by atoms with van der Waals surface area (Å²) >= 11 is 0. The smallest absolute Gasteiger partial charge is 0.123 e. The van der Waals surface area contributed by atoms with E-state index in [4.69, 9.17) is 0 Å². The predicted molar refractivity (Wildman–Crippen MR) is 53.4 cm³/mol. The first kappa shape index (κ1) is 10.2. The Hall–Kier alpha value is -0.890. The van der Waals surface area contributed by atoms with Gasteiger partial charge in [-0.1, -0.05) is 13.0 Å². The van der Waals surface area contributed by atoms with E-state index in [1.165, 1.54) is 11.6 Å². The summed E-state index contributed by atoms with van der Waals surface area (Å²) in [5, 5.41) is 3.24. The van der Waals surface area contributed by atoms with Crippen LogP contribution in [0, 0.1) is 12.7 Å². The SMILES string of the molecule is CCNCCc1ccc(F)cc1C. The normalized spacial score (nSPS) is 10.4. The minimum atomic E-state index is -0.148. The van der Waals surface area contributed by atoms with Crippen LogP contribution in [0.15, 0.2) is 18.2 Å². The molecule has 0 atom stereocenters. The highest BCUT2D eigenvalue weighted by Gasteiger charge is 1.98. The number of benzene rings is 1. The van der Waals surface area contributed by atoms with Gasteiger partial charge in [-0.3, -0.25) is 0 Å². The minimum absolute atomic E-state index is 0.148. The van der Waals surface area contributed by atoms with Crippen LogP contribution >= 0.6 is 0 Å². The molecule has 0 saturated heterocycles. The van der Waals surface area contributed by atoms with Crippen LogP contribution < -0.4 is 5.32 Å². The highest BCUT2D eigenvalue weighted by Crippen LogP contribution is 2.09. The van der Waals surface area contributed by atoms with E-state index in [2.05, 4.69) is 12.2 Å². The fourth-order valence-corrected chi connectivity index (χ4v) is 1.34. The average molecular weight is 181 g/mol. The van der Waals surface area contributed by atoms with Gasteiger partial charge in [0, 0.05) is 0 Å². The van der Waals surface area contributed by atoms with Crippen LogP contribution in [0.4, 0.5) is 4.39 Å². The Labute approximate surface area is 79.0 Å². The first-order valence-corrected chi connectivity index (χ1v) is 4.69. The highest BCUT2D eigenvalue weighted by molar-refractivity contribution is 5.26. The molecule has 0 fully saturated rings. The largest absolute Gasteiger partial charge is 0.317 e. The van der Waals surface area contributed by atoms with Crippen molar-refractivity contribution in [2.24, 2.45) is 0 Å². The molecule has 2 heteroatoms. The molecular weight excluding hydrogens is 165 g/mol. The minimum Gasteiger partial charge on any atom is -0.317 e. The first-order chi connectivity index (χ1) is 6.24. The second-order valence-electron chi connectivity index (χ2n) is 3.17. The Morgan fingerprint density at radius 3 is 2.77 bits per heavy atom. The van der Waals surface area contributed by atoms with Crippen LogP contribution in [0.1, 0.15) is 18.1 Å². The van der Waals surface area contributed by atoms with Gasteiger partial charge in [0.25, 0.3) is 0 Å². The van der Waals surface area contributed by atoms with Crippen molar-refractivity contribution in [1.29, 1.82) is 0 Å². The van der Waals surface area contributed by atoms with E-state index < -0.39 is 0 Å². The van der Waals surface area contributed by atoms with Gasteiger partial charge in [-0.2, -0.15) is 0 Å². The summed E-state index contributed by atoms with van der Waals surface area (Å²) in [5.74, 6) is -0.148. The molecule has 0 saturated carbocycles. The maximum atomic E-state index is 12.7. The topological polar surface area (TPSA) is 12.0 Å². The molecule has 0 radical (unpaired) electrons. The number of likely N-dealkylation sites (N-methyl/N-ethyl adjacent to an activating group) is 1. The molecule has 13 heavy (non-hydrogen) atoms. The lowest BCUT2D eigenvalue weighted by molar-refractivity contribution is 0.624. The number of aryl methyl sites for hydroxylation is 1. The van der Waals surface area contributed by atoms with Gasteiger partial charge in [0.05, 0.1) is 0 Å². The fraction of sp³-hybridized carbons (Fsp3) is 0.455. The van der Waals surface area contributed by atoms with Crippen LogP contribution in [-0.2, 0) is 6.42 Å². The monoisotopic (exact) mass is 181 g/mol. The van der Waals surface area contributed by atoms with E-state index >= 15 is 0 Å². The van der Waals surface area contributed by atoms with Crippen molar-refractivity contribution >= 4 is 0 Å². The molecule has 0 heterocycles. The second-order valence-corrected chi connectivity index (χ2v) is 3.17. The van der Waals surface area contributed by atoms with Gasteiger partial charge in [-0.15, -0.1) is 0 Å². The van der Waals surface area contributed by atoms with Gasteiger partial charge in [-0.05, 0) is 49.7 Å². The number of halogens is 1. The molecule has 0 aliphatic rings. The van der Waals surface area contributed by atoms with Gasteiger partial charge in [0.15, 0.2) is 0 Å². The fourth-order valence-electron chi connectivity index (χ4n) is 1.34. The zero-order valence-electron chi connectivity index (χ0n) is 8.23. The Morgan fingerprint density at radius 1 is 1.38 bits per heavy atom. The lowest BCUT2D eigenvalue weighted by Crippen LogP contribution is -2.16. The van der Waals surface area contributed by atoms with Crippen LogP contribution in [0.25, 0.3) is 0 Å². The number of rotatable bonds is 4. The van der Waals surface area contributed by atoms with Crippen molar-refractivity contribution in [3.8, 4) is 0 Å². The summed E-state index contributed by atoms with van der Waals surface area (Å²) in [6.45, 7) is 5.98. The molecule has 0 aromatic heterocycles. The summed E-state index contributed by atoms with van der Waals surface area (Å²) in [6, 6.07) is 4.97. The Morgan fingerprint density at radius 2 is 2.15 bits per heavy atom. The van der Waals surface area contributed by atoms with Crippen molar-refractivity contribution in [3.05, 3.63) is 35.1 Å². The van der Waals surface area contributed by atoms with E-state index in [-0.39, 0.29) is 5.82 Å². The van der Waals surface area contributed by atoms with Crippen molar-refractivity contribution in [2.45, 2.75) is 20.3 Å². The maximum absolute atomic E-state index is 12.7. The third-order valence-corrected chi connectivity index (χ3v) is 2.13. The highest BCUT2D eigenvalue weighted by atomic mass is 19.1. The summed E-state index contributed by atoms with van der Waals surface area (Å²) in [6.07, 6.45) is 0.972. The van der Waals surface area contributed by atoms with E-state index in [0.29, 0.717) is 0 Å². The summed E-state index contributed by atoms with van der Waals surface area (Å²) in [5.41, 5.74) is 2.26. The van der Waals surface area contributed by atoms with Gasteiger partial charge in [-0.25, -0.2) is 4.39 Å². The van der Waals surface area contributed by atoms with E-state index in [9.17, 15) is 4.39 Å². The molecule has 1 rings (SSSR count). The van der Waals surface area contributed by atoms with Gasteiger partial charge < -0.3 is 5.32 Å². The molecule has 0 unspecified atom stereocenters. The van der Waals surface area contributed by atoms with Crippen LogP contribution in [0.2, 0.25) is 0 Å². The molecule has 0 aliphatic heterocycles. The van der Waals surface area contributed by atoms with Gasteiger partial charge in [0.2, 0.25) is 0 Å². The van der Waals surface area contributed by atoms with Crippen molar-refractivity contribution in [3.63, 3.8) is 0 Å². The lowest BCUT2D eigenvalue weighted by Gasteiger charge is -2.05. The van der Waals surface area contributed by atoms with E-state index in [0.717, 1.165) is 25.1 Å². The summed E-state index contributed by atoms with van der Waals surface area (Å²) in [4.78, 5) is 0. The van der Waals surface area contributed by atoms with E-state index in [1.54, 1.807) is 6.07 Å². The first-order valence-electron chi connectivity index (χ1n) is 4.69. The molecule has 1 N–H and O–H groups in total. The van der Waals surface area contributed by atoms with Crippen molar-refractivity contribution < 1.29 is 4.39 Å². The Balaban J connectivity index is 2.56. The van der Waals surface area contributed by atoms with E-state index in [1.807, 2.05) is 13.0 Å². The van der Waals surface area contributed by atoms with Gasteiger partial charge in [0.1, 0.15) is 5.82 Å². The molecule has 0 spiro atoms. The molecule has 1 nitrogen and oxygen atoms in total. The molecule has 0 amide bonds. The van der Waals surface area contributed by atoms with Crippen LogP contribution in [0.5, 0.6) is 0 Å². The maximum Gasteiger partial charge on any atom is 0.123 e. The molecule has 1 aromatic carbocycles. The van der Waals surface area contributed by atoms with Crippen molar-refractivity contribution in [1.82, 2.24) is 5.32 Å². The quantitative estimate of drug-likeness (QED) is 0.703. The Kier molecular flexibility index (Phi) is 3.90. The third-order valence-electron chi connectivity index (χ3n) is 2.13. The average Bonchev–Trinajstić information content (AvgIpc) is 2.09. The number of hydrogen-bond acceptors (Lipinski definition) is 1. The Bertz CT molecular complexity index is 271. The van der Waals surface area contributed by atoms with Crippen LogP contribution in [-0.4, -0.2) is 13.1 Å². The zero-order valence-corrected chi connectivity index (χ0v) is 8.23. The standard InChI is InChI=1S/C11H16FN/c1-3-13-7-6-10-4-5-11(12)8-9(10)2/h4-5,8,13H,3,6-7H2,1-2H3. The van der Waals surface area contributed by atoms with Gasteiger partial charge >= 0.3 is 0 Å². The summed E-state index contributed by atoms with van der Waals surface area (Å²) in [7, 11) is 0. The number of hydrogen-bond donors (Lipinski definition) is 1. The number of nitrogens with one attached hydrogen (secondary N) is 1. The lowest BCUT2D eigenvalue weighted by atomic mass is 10.1. The second kappa shape index (κ2) is 4.97. The molecule has 72 valence electrons. The van der Waals surface area contributed by atoms with Crippen LogP contribution in [0.3, 0.4) is 0 Å². The van der Waals surface area contributed by atoms with Crippen molar-refractivity contribution in [2.75, 3.05) is 13.1 Å². The molecule has 1 aromatic rings.